The zero-order valence-corrected chi connectivity index (χ0v) is 10.6. The zero-order chi connectivity index (χ0) is 12.8. The minimum Gasteiger partial charge on any atom is -0.395 e. The summed E-state index contributed by atoms with van der Waals surface area (Å²) >= 11 is 11.7. The average molecular weight is 284 g/mol. The number of aliphatic hydroxyl groups excluding tert-OH is 1. The highest BCUT2D eigenvalue weighted by atomic mass is 35.5. The molecule has 0 aromatic heterocycles. The molecule has 1 N–H and O–H groups in total. The Labute approximate surface area is 109 Å². The summed E-state index contributed by atoms with van der Waals surface area (Å²) in [7, 11) is 0. The van der Waals surface area contributed by atoms with E-state index in [0.717, 1.165) is 0 Å². The van der Waals surface area contributed by atoms with E-state index in [1.54, 1.807) is 18.2 Å². The standard InChI is InChI=1S/C11H13Cl2F2NO/c12-9-2-1-8(10(13)5-9)6-16(3-4-17)7-11(14)15/h1-2,5,11,17H,3-4,6-7H2. The molecule has 1 rings (SSSR count). The van der Waals surface area contributed by atoms with Gasteiger partial charge < -0.3 is 5.11 Å². The third kappa shape index (κ3) is 5.17. The summed E-state index contributed by atoms with van der Waals surface area (Å²) in [5.41, 5.74) is 0.713. The lowest BCUT2D eigenvalue weighted by molar-refractivity contribution is 0.0746. The quantitative estimate of drug-likeness (QED) is 0.868. The van der Waals surface area contributed by atoms with Crippen LogP contribution in [0, 0.1) is 0 Å². The van der Waals surface area contributed by atoms with Crippen molar-refractivity contribution in [1.82, 2.24) is 4.90 Å². The van der Waals surface area contributed by atoms with Crippen LogP contribution in [0.4, 0.5) is 8.78 Å². The predicted octanol–water partition coefficient (Wildman–Crippen LogP) is 3.05. The van der Waals surface area contributed by atoms with Crippen LogP contribution in [0.5, 0.6) is 0 Å². The Balaban J connectivity index is 2.71. The number of halogens is 4. The molecule has 0 radical (unpaired) electrons. The van der Waals surface area contributed by atoms with Gasteiger partial charge in [0.25, 0.3) is 6.43 Å². The summed E-state index contributed by atoms with van der Waals surface area (Å²) in [6.45, 7) is -0.109. The zero-order valence-electron chi connectivity index (χ0n) is 9.04. The van der Waals surface area contributed by atoms with Gasteiger partial charge in [0.1, 0.15) is 0 Å². The molecule has 0 spiro atoms. The fraction of sp³-hybridized carbons (Fsp3) is 0.455. The van der Waals surface area contributed by atoms with Crippen LogP contribution < -0.4 is 0 Å². The first-order valence-electron chi connectivity index (χ1n) is 5.08. The molecule has 2 nitrogen and oxygen atoms in total. The summed E-state index contributed by atoms with van der Waals surface area (Å²) in [5.74, 6) is 0. The number of hydrogen-bond donors (Lipinski definition) is 1. The first-order valence-corrected chi connectivity index (χ1v) is 5.84. The Morgan fingerprint density at radius 3 is 2.53 bits per heavy atom. The van der Waals surface area contributed by atoms with Crippen LogP contribution in [-0.4, -0.2) is 36.1 Å². The lowest BCUT2D eigenvalue weighted by Gasteiger charge is -2.21. The first-order chi connectivity index (χ1) is 8.02. The van der Waals surface area contributed by atoms with E-state index in [2.05, 4.69) is 0 Å². The molecule has 0 aliphatic heterocycles. The fourth-order valence-corrected chi connectivity index (χ4v) is 1.93. The Hall–Kier alpha value is -0.420. The third-order valence-corrected chi connectivity index (χ3v) is 2.81. The summed E-state index contributed by atoms with van der Waals surface area (Å²) in [6, 6.07) is 4.92. The van der Waals surface area contributed by atoms with E-state index in [-0.39, 0.29) is 26.2 Å². The molecule has 17 heavy (non-hydrogen) atoms. The molecular formula is C11H13Cl2F2NO. The van der Waals surface area contributed by atoms with E-state index in [1.165, 1.54) is 4.90 Å². The normalized spacial score (nSPS) is 11.5. The van der Waals surface area contributed by atoms with Crippen LogP contribution in [0.3, 0.4) is 0 Å². The van der Waals surface area contributed by atoms with Gasteiger partial charge in [0.2, 0.25) is 0 Å². The van der Waals surface area contributed by atoms with E-state index in [0.29, 0.717) is 15.6 Å². The van der Waals surface area contributed by atoms with Crippen molar-refractivity contribution in [2.75, 3.05) is 19.7 Å². The van der Waals surface area contributed by atoms with Gasteiger partial charge in [-0.3, -0.25) is 4.90 Å². The minimum atomic E-state index is -2.44. The lowest BCUT2D eigenvalue weighted by atomic mass is 10.2. The second kappa shape index (κ2) is 7.11. The first kappa shape index (κ1) is 14.6. The molecule has 0 aliphatic rings. The average Bonchev–Trinajstić information content (AvgIpc) is 2.21. The molecular weight excluding hydrogens is 271 g/mol. The van der Waals surface area contributed by atoms with Crippen molar-refractivity contribution in [2.24, 2.45) is 0 Å². The van der Waals surface area contributed by atoms with Crippen molar-refractivity contribution in [1.29, 1.82) is 0 Å². The van der Waals surface area contributed by atoms with Gasteiger partial charge in [-0.15, -0.1) is 0 Å². The summed E-state index contributed by atoms with van der Waals surface area (Å²) in [4.78, 5) is 1.44. The molecule has 0 bridgehead atoms. The van der Waals surface area contributed by atoms with Crippen molar-refractivity contribution in [3.63, 3.8) is 0 Å². The lowest BCUT2D eigenvalue weighted by Crippen LogP contribution is -2.31. The summed E-state index contributed by atoms with van der Waals surface area (Å²) < 4.78 is 24.6. The number of hydrogen-bond acceptors (Lipinski definition) is 2. The maximum absolute atomic E-state index is 12.3. The molecule has 0 heterocycles. The second-order valence-corrected chi connectivity index (χ2v) is 4.43. The Bertz CT molecular complexity index is 363. The van der Waals surface area contributed by atoms with E-state index in [1.807, 2.05) is 0 Å². The van der Waals surface area contributed by atoms with E-state index in [4.69, 9.17) is 28.3 Å². The summed E-state index contributed by atoms with van der Waals surface area (Å²) in [5, 5.41) is 9.74. The molecule has 6 heteroatoms. The Kier molecular flexibility index (Phi) is 6.12. The van der Waals surface area contributed by atoms with Crippen molar-refractivity contribution in [2.45, 2.75) is 13.0 Å². The Morgan fingerprint density at radius 2 is 2.00 bits per heavy atom. The van der Waals surface area contributed by atoms with Crippen LogP contribution in [0.1, 0.15) is 5.56 Å². The molecule has 1 aromatic carbocycles. The van der Waals surface area contributed by atoms with E-state index in [9.17, 15) is 8.78 Å². The molecule has 0 aliphatic carbocycles. The molecule has 0 unspecified atom stereocenters. The fourth-order valence-electron chi connectivity index (χ4n) is 1.46. The van der Waals surface area contributed by atoms with Crippen LogP contribution in [0.25, 0.3) is 0 Å². The molecule has 0 fully saturated rings. The molecule has 0 amide bonds. The van der Waals surface area contributed by atoms with Crippen molar-refractivity contribution < 1.29 is 13.9 Å². The maximum Gasteiger partial charge on any atom is 0.251 e. The van der Waals surface area contributed by atoms with Crippen LogP contribution in [-0.2, 0) is 6.54 Å². The Morgan fingerprint density at radius 1 is 1.29 bits per heavy atom. The molecule has 0 saturated heterocycles. The van der Waals surface area contributed by atoms with Gasteiger partial charge in [0.05, 0.1) is 13.2 Å². The highest BCUT2D eigenvalue weighted by Crippen LogP contribution is 2.22. The smallest absolute Gasteiger partial charge is 0.251 e. The van der Waals surface area contributed by atoms with Crippen molar-refractivity contribution in [3.05, 3.63) is 33.8 Å². The minimum absolute atomic E-state index is 0.169. The van der Waals surface area contributed by atoms with Gasteiger partial charge in [-0.2, -0.15) is 0 Å². The number of benzene rings is 1. The molecule has 96 valence electrons. The van der Waals surface area contributed by atoms with Gasteiger partial charge in [-0.1, -0.05) is 29.3 Å². The maximum atomic E-state index is 12.3. The number of alkyl halides is 2. The molecule has 1 aromatic rings. The van der Waals surface area contributed by atoms with Crippen molar-refractivity contribution in [3.8, 4) is 0 Å². The third-order valence-electron chi connectivity index (χ3n) is 2.22. The van der Waals surface area contributed by atoms with E-state index >= 15 is 0 Å². The van der Waals surface area contributed by atoms with Gasteiger partial charge in [-0.25, -0.2) is 8.78 Å². The van der Waals surface area contributed by atoms with Crippen LogP contribution >= 0.6 is 23.2 Å². The monoisotopic (exact) mass is 283 g/mol. The van der Waals surface area contributed by atoms with Crippen molar-refractivity contribution >= 4 is 23.2 Å². The topological polar surface area (TPSA) is 23.5 Å². The SMILES string of the molecule is OCCN(Cc1ccc(Cl)cc1Cl)CC(F)F. The largest absolute Gasteiger partial charge is 0.395 e. The highest BCUT2D eigenvalue weighted by Gasteiger charge is 2.13. The van der Waals surface area contributed by atoms with Gasteiger partial charge in [-0.05, 0) is 17.7 Å². The molecule has 0 atom stereocenters. The number of aliphatic hydroxyl groups is 1. The van der Waals surface area contributed by atoms with Gasteiger partial charge in [0.15, 0.2) is 0 Å². The number of rotatable bonds is 6. The van der Waals surface area contributed by atoms with Crippen LogP contribution in [0.2, 0.25) is 10.0 Å². The highest BCUT2D eigenvalue weighted by molar-refractivity contribution is 6.35. The van der Waals surface area contributed by atoms with E-state index < -0.39 is 6.43 Å². The predicted molar refractivity (Wildman–Crippen MR) is 64.8 cm³/mol. The van der Waals surface area contributed by atoms with Crippen LogP contribution in [0.15, 0.2) is 18.2 Å². The van der Waals surface area contributed by atoms with Gasteiger partial charge in [0, 0.05) is 23.1 Å². The second-order valence-electron chi connectivity index (χ2n) is 3.59. The number of nitrogens with zero attached hydrogens (tertiary/aromatic N) is 1. The van der Waals surface area contributed by atoms with Gasteiger partial charge >= 0.3 is 0 Å². The summed E-state index contributed by atoms with van der Waals surface area (Å²) in [6.07, 6.45) is -2.44. The molecule has 0 saturated carbocycles.